The molecule has 158 valence electrons. The van der Waals surface area contributed by atoms with Crippen LogP contribution in [-0.2, 0) is 27.6 Å². The minimum absolute atomic E-state index is 0.0615. The Hall–Kier alpha value is -2.39. The number of carbonyl (C=O) groups excluding carboxylic acids is 1. The molecule has 2 aliphatic rings. The molecule has 0 saturated carbocycles. The summed E-state index contributed by atoms with van der Waals surface area (Å²) in [4.78, 5) is 18.7. The number of rotatable bonds is 5. The third-order valence-electron chi connectivity index (χ3n) is 5.18. The van der Waals surface area contributed by atoms with Crippen LogP contribution in [0.1, 0.15) is 11.1 Å². The number of nitrogens with zero attached hydrogens (tertiary/aromatic N) is 2. The molecule has 0 spiro atoms. The van der Waals surface area contributed by atoms with E-state index in [0.29, 0.717) is 17.3 Å². The van der Waals surface area contributed by atoms with E-state index in [1.165, 1.54) is 23.9 Å². The molecular weight excluding hydrogens is 427 g/mol. The first-order chi connectivity index (χ1) is 14.3. The zero-order valence-electron chi connectivity index (χ0n) is 16.3. The highest BCUT2D eigenvalue weighted by Gasteiger charge is 2.48. The smallest absolute Gasteiger partial charge is 0.252 e. The average molecular weight is 449 g/mol. The summed E-state index contributed by atoms with van der Waals surface area (Å²) in [5.74, 6) is 0.188. The van der Waals surface area contributed by atoms with E-state index >= 15 is 0 Å². The van der Waals surface area contributed by atoms with Gasteiger partial charge in [-0.3, -0.25) is 4.79 Å². The Balaban J connectivity index is 1.55. The van der Waals surface area contributed by atoms with Crippen LogP contribution in [0.2, 0.25) is 0 Å². The first-order valence-corrected chi connectivity index (χ1v) is 12.2. The van der Waals surface area contributed by atoms with Gasteiger partial charge >= 0.3 is 0 Å². The van der Waals surface area contributed by atoms with Crippen LogP contribution in [0.25, 0.3) is 0 Å². The summed E-state index contributed by atoms with van der Waals surface area (Å²) in [5.41, 5.74) is 1.65. The topological polar surface area (TPSA) is 76.0 Å². The highest BCUT2D eigenvalue weighted by atomic mass is 32.2. The van der Waals surface area contributed by atoms with Gasteiger partial charge in [0.1, 0.15) is 11.6 Å². The maximum absolute atomic E-state index is 13.1. The first kappa shape index (κ1) is 20.9. The van der Waals surface area contributed by atoms with E-state index in [1.54, 1.807) is 19.2 Å². The summed E-state index contributed by atoms with van der Waals surface area (Å²) < 4.78 is 42.5. The number of halogens is 1. The van der Waals surface area contributed by atoms with E-state index in [4.69, 9.17) is 4.74 Å². The average Bonchev–Trinajstić information content (AvgIpc) is 3.16. The van der Waals surface area contributed by atoms with Gasteiger partial charge in [-0.15, -0.1) is 0 Å². The summed E-state index contributed by atoms with van der Waals surface area (Å²) in [7, 11) is -1.51. The van der Waals surface area contributed by atoms with Crippen molar-refractivity contribution in [3.05, 3.63) is 65.5 Å². The van der Waals surface area contributed by atoms with Gasteiger partial charge in [-0.25, -0.2) is 12.8 Å². The number of aliphatic imine (C=N–C) groups is 1. The highest BCUT2D eigenvalue weighted by molar-refractivity contribution is 8.15. The molecule has 2 fully saturated rings. The summed E-state index contributed by atoms with van der Waals surface area (Å²) in [5, 5.41) is 0.411. The Labute approximate surface area is 179 Å². The number of hydrogen-bond acceptors (Lipinski definition) is 5. The number of thioether (sulfide) groups is 1. The molecule has 6 nitrogen and oxygen atoms in total. The van der Waals surface area contributed by atoms with Gasteiger partial charge in [0.05, 0.1) is 31.1 Å². The molecule has 30 heavy (non-hydrogen) atoms. The molecule has 0 aliphatic carbocycles. The van der Waals surface area contributed by atoms with E-state index in [-0.39, 0.29) is 40.9 Å². The molecule has 2 aromatic carbocycles. The summed E-state index contributed by atoms with van der Waals surface area (Å²) in [6.07, 6.45) is 0.0638. The third-order valence-corrected chi connectivity index (χ3v) is 8.42. The van der Waals surface area contributed by atoms with E-state index in [0.717, 1.165) is 11.3 Å². The van der Waals surface area contributed by atoms with Crippen molar-refractivity contribution in [1.29, 1.82) is 0 Å². The molecule has 0 aromatic heterocycles. The minimum Gasteiger partial charge on any atom is -0.497 e. The number of sulfone groups is 1. The number of amidine groups is 1. The normalized spacial score (nSPS) is 23.5. The third kappa shape index (κ3) is 4.67. The van der Waals surface area contributed by atoms with Gasteiger partial charge < -0.3 is 9.64 Å². The lowest BCUT2D eigenvalue weighted by molar-refractivity contribution is -0.117. The van der Waals surface area contributed by atoms with Gasteiger partial charge in [0.15, 0.2) is 15.0 Å². The van der Waals surface area contributed by atoms with Crippen LogP contribution in [0.4, 0.5) is 4.39 Å². The molecule has 0 radical (unpaired) electrons. The fraction of sp³-hybridized carbons (Fsp3) is 0.333. The molecule has 4 rings (SSSR count). The molecule has 2 aromatic rings. The number of ether oxygens (including phenoxy) is 1. The van der Waals surface area contributed by atoms with Crippen molar-refractivity contribution >= 4 is 32.7 Å². The Morgan fingerprint density at radius 2 is 1.80 bits per heavy atom. The van der Waals surface area contributed by atoms with E-state index < -0.39 is 9.84 Å². The van der Waals surface area contributed by atoms with Gasteiger partial charge in [0.2, 0.25) is 0 Å². The van der Waals surface area contributed by atoms with Crippen molar-refractivity contribution in [3.8, 4) is 5.75 Å². The van der Waals surface area contributed by atoms with Crippen LogP contribution >= 0.6 is 11.8 Å². The van der Waals surface area contributed by atoms with Crippen molar-refractivity contribution in [2.24, 2.45) is 4.99 Å². The lowest BCUT2D eigenvalue weighted by atomic mass is 10.1. The lowest BCUT2D eigenvalue weighted by Gasteiger charge is -2.24. The first-order valence-electron chi connectivity index (χ1n) is 9.45. The molecule has 0 unspecified atom stereocenters. The number of methoxy groups -OCH3 is 1. The van der Waals surface area contributed by atoms with Gasteiger partial charge in [0, 0.05) is 11.8 Å². The van der Waals surface area contributed by atoms with Crippen LogP contribution in [0.5, 0.6) is 5.75 Å². The zero-order valence-corrected chi connectivity index (χ0v) is 18.0. The van der Waals surface area contributed by atoms with E-state index in [9.17, 15) is 17.6 Å². The molecule has 1 amide bonds. The van der Waals surface area contributed by atoms with Gasteiger partial charge in [-0.1, -0.05) is 36.0 Å². The molecule has 0 bridgehead atoms. The highest BCUT2D eigenvalue weighted by Crippen LogP contribution is 2.39. The number of benzene rings is 2. The fourth-order valence-electron chi connectivity index (χ4n) is 3.67. The number of hydrogen-bond donors (Lipinski definition) is 0. The number of fused-ring (bicyclic) bond motifs is 1. The summed E-state index contributed by atoms with van der Waals surface area (Å²) in [6.45, 7) is 0.455. The fourth-order valence-corrected chi connectivity index (χ4v) is 7.64. The molecule has 2 atom stereocenters. The lowest BCUT2D eigenvalue weighted by Crippen LogP contribution is -2.37. The van der Waals surface area contributed by atoms with Gasteiger partial charge in [-0.2, -0.15) is 4.99 Å². The predicted octanol–water partition coefficient (Wildman–Crippen LogP) is 2.67. The number of amides is 1. The van der Waals surface area contributed by atoms with Crippen molar-refractivity contribution in [1.82, 2.24) is 4.90 Å². The second kappa shape index (κ2) is 8.39. The maximum atomic E-state index is 13.1. The largest absolute Gasteiger partial charge is 0.497 e. The molecule has 0 N–H and O–H groups in total. The van der Waals surface area contributed by atoms with Crippen molar-refractivity contribution < 1.29 is 22.3 Å². The van der Waals surface area contributed by atoms with Crippen LogP contribution < -0.4 is 4.74 Å². The van der Waals surface area contributed by atoms with Crippen molar-refractivity contribution in [2.45, 2.75) is 24.3 Å². The Morgan fingerprint density at radius 1 is 1.13 bits per heavy atom. The second-order valence-electron chi connectivity index (χ2n) is 7.37. The van der Waals surface area contributed by atoms with Gasteiger partial charge in [-0.05, 0) is 35.4 Å². The van der Waals surface area contributed by atoms with Crippen LogP contribution in [-0.4, -0.2) is 54.3 Å². The number of carbonyl (C=O) groups is 1. The minimum atomic E-state index is -3.10. The molecular formula is C21H21FN2O4S2. The quantitative estimate of drug-likeness (QED) is 0.700. The monoisotopic (exact) mass is 448 g/mol. The standard InChI is InChI=1S/C21H21FN2O4S2/c1-28-17-8-4-15(5-9-17)11-24-18-12-30(26,27)13-19(18)29-21(24)23-20(25)10-14-2-6-16(22)7-3-14/h2-9,18-19H,10-13H2,1H3/t18-,19-/m1/s1. The van der Waals surface area contributed by atoms with Crippen LogP contribution in [0, 0.1) is 5.82 Å². The van der Waals surface area contributed by atoms with Gasteiger partial charge in [0.25, 0.3) is 5.91 Å². The summed E-state index contributed by atoms with van der Waals surface area (Å²) >= 11 is 1.35. The molecule has 2 aliphatic heterocycles. The molecule has 2 heterocycles. The Bertz CT molecular complexity index is 1070. The molecule has 2 saturated heterocycles. The Morgan fingerprint density at radius 3 is 2.47 bits per heavy atom. The molecule has 9 heteroatoms. The van der Waals surface area contributed by atoms with E-state index in [1.807, 2.05) is 29.2 Å². The maximum Gasteiger partial charge on any atom is 0.252 e. The predicted molar refractivity (Wildman–Crippen MR) is 115 cm³/mol. The second-order valence-corrected chi connectivity index (χ2v) is 10.7. The Kier molecular flexibility index (Phi) is 5.84. The summed E-state index contributed by atoms with van der Waals surface area (Å²) in [6, 6.07) is 13.1. The van der Waals surface area contributed by atoms with Crippen molar-refractivity contribution in [3.63, 3.8) is 0 Å². The zero-order chi connectivity index (χ0) is 21.3. The van der Waals surface area contributed by atoms with Crippen LogP contribution in [0.15, 0.2) is 53.5 Å². The van der Waals surface area contributed by atoms with E-state index in [2.05, 4.69) is 4.99 Å². The SMILES string of the molecule is COc1ccc(CN2C(=NC(=O)Cc3ccc(F)cc3)S[C@@H]3CS(=O)(=O)C[C@H]32)cc1. The van der Waals surface area contributed by atoms with Crippen LogP contribution in [0.3, 0.4) is 0 Å². The van der Waals surface area contributed by atoms with Crippen molar-refractivity contribution in [2.75, 3.05) is 18.6 Å².